The lowest BCUT2D eigenvalue weighted by Gasteiger charge is -2.24. The summed E-state index contributed by atoms with van der Waals surface area (Å²) in [4.78, 5) is 29.6. The van der Waals surface area contributed by atoms with Gasteiger partial charge in [0.1, 0.15) is 31.2 Å². The maximum atomic E-state index is 12.9. The van der Waals surface area contributed by atoms with Crippen LogP contribution in [-0.2, 0) is 42.2 Å². The summed E-state index contributed by atoms with van der Waals surface area (Å²) in [7, 11) is 0. The average Bonchev–Trinajstić information content (AvgIpc) is 3.49. The number of aromatic nitrogens is 3. The fourth-order valence-electron chi connectivity index (χ4n) is 4.72. The van der Waals surface area contributed by atoms with Crippen LogP contribution < -0.4 is 0 Å². The van der Waals surface area contributed by atoms with E-state index in [1.54, 1.807) is 55.5 Å². The summed E-state index contributed by atoms with van der Waals surface area (Å²) < 4.78 is 18.7. The molecular weight excluding hydrogens is 500 g/mol. The van der Waals surface area contributed by atoms with Gasteiger partial charge in [-0.15, -0.1) is 0 Å². The minimum absolute atomic E-state index is 0.0253. The number of aliphatic hydroxyl groups is 1. The third-order valence-corrected chi connectivity index (χ3v) is 6.68. The second-order valence-corrected chi connectivity index (χ2v) is 9.27. The number of benzene rings is 2. The molecule has 0 bridgehead atoms. The number of aliphatic hydroxyl groups excluding tert-OH is 1. The monoisotopic (exact) mass is 526 g/mol. The van der Waals surface area contributed by atoms with E-state index in [-0.39, 0.29) is 25.1 Å². The lowest BCUT2D eigenvalue weighted by molar-refractivity contribution is -0.159. The van der Waals surface area contributed by atoms with E-state index in [4.69, 9.17) is 14.2 Å². The van der Waals surface area contributed by atoms with Crippen molar-refractivity contribution in [3.8, 4) is 6.07 Å². The molecule has 3 heterocycles. The van der Waals surface area contributed by atoms with Gasteiger partial charge in [-0.05, 0) is 30.2 Å². The molecule has 0 saturated carbocycles. The highest BCUT2D eigenvalue weighted by atomic mass is 16.6. The van der Waals surface area contributed by atoms with E-state index in [1.807, 2.05) is 24.3 Å². The Morgan fingerprint density at radius 1 is 1.03 bits per heavy atom. The topological polar surface area (TPSA) is 136 Å². The lowest BCUT2D eigenvalue weighted by Crippen LogP contribution is -2.43. The molecule has 1 fully saturated rings. The van der Waals surface area contributed by atoms with E-state index in [0.717, 1.165) is 11.1 Å². The van der Waals surface area contributed by atoms with E-state index in [1.165, 1.54) is 10.8 Å². The summed E-state index contributed by atoms with van der Waals surface area (Å²) in [5.41, 5.74) is 1.05. The van der Waals surface area contributed by atoms with Crippen LogP contribution in [0, 0.1) is 18.3 Å². The van der Waals surface area contributed by atoms with Gasteiger partial charge >= 0.3 is 11.9 Å². The van der Waals surface area contributed by atoms with Gasteiger partial charge < -0.3 is 19.3 Å². The van der Waals surface area contributed by atoms with Crippen molar-refractivity contribution in [2.24, 2.45) is 0 Å². The maximum Gasteiger partial charge on any atom is 0.310 e. The molecule has 198 valence electrons. The number of carbonyl (C=O) groups excluding carboxylic acids is 2. The number of hydrogen-bond donors (Lipinski definition) is 1. The van der Waals surface area contributed by atoms with Crippen LogP contribution in [0.5, 0.6) is 0 Å². The van der Waals surface area contributed by atoms with Crippen molar-refractivity contribution in [2.75, 3.05) is 6.61 Å². The molecule has 10 nitrogen and oxygen atoms in total. The van der Waals surface area contributed by atoms with Crippen LogP contribution in [-0.4, -0.2) is 56.6 Å². The van der Waals surface area contributed by atoms with Crippen molar-refractivity contribution >= 4 is 17.5 Å². The predicted molar refractivity (Wildman–Crippen MR) is 137 cm³/mol. The van der Waals surface area contributed by atoms with E-state index in [9.17, 15) is 20.0 Å². The zero-order chi connectivity index (χ0) is 27.4. The molecule has 1 aliphatic heterocycles. The summed E-state index contributed by atoms with van der Waals surface area (Å²) >= 11 is 0. The van der Waals surface area contributed by atoms with Crippen LogP contribution in [0.15, 0.2) is 79.1 Å². The minimum Gasteiger partial charge on any atom is -0.463 e. The normalized spacial score (nSPS) is 22.3. The Balaban J connectivity index is 1.41. The van der Waals surface area contributed by atoms with Crippen LogP contribution in [0.25, 0.3) is 5.52 Å². The number of fused-ring (bicyclic) bond motifs is 1. The number of ether oxygens (including phenoxy) is 3. The van der Waals surface area contributed by atoms with Crippen LogP contribution >= 0.6 is 0 Å². The van der Waals surface area contributed by atoms with Gasteiger partial charge in [0.05, 0.1) is 29.7 Å². The summed E-state index contributed by atoms with van der Waals surface area (Å²) in [6.45, 7) is 1.45. The number of hydrogen-bond acceptors (Lipinski definition) is 9. The van der Waals surface area contributed by atoms with Gasteiger partial charge in [-0.2, -0.15) is 10.4 Å². The Kier molecular flexibility index (Phi) is 7.36. The van der Waals surface area contributed by atoms with Gasteiger partial charge in [0.15, 0.2) is 6.10 Å². The number of aryl methyl sites for hydroxylation is 1. The molecule has 1 N–H and O–H groups in total. The molecule has 1 aliphatic rings. The molecule has 10 heteroatoms. The number of nitrogens with zero attached hydrogens (tertiary/aromatic N) is 4. The lowest BCUT2D eigenvalue weighted by atomic mass is 9.92. The average molecular weight is 527 g/mol. The second-order valence-electron chi connectivity index (χ2n) is 9.27. The van der Waals surface area contributed by atoms with Crippen LogP contribution in [0.1, 0.15) is 22.5 Å². The van der Waals surface area contributed by atoms with Crippen molar-refractivity contribution < 1.29 is 28.9 Å². The molecule has 1 saturated heterocycles. The van der Waals surface area contributed by atoms with Crippen molar-refractivity contribution in [1.82, 2.24) is 14.6 Å². The highest BCUT2D eigenvalue weighted by molar-refractivity contribution is 5.73. The van der Waals surface area contributed by atoms with Gasteiger partial charge in [0, 0.05) is 0 Å². The number of nitriles is 1. The van der Waals surface area contributed by atoms with E-state index in [2.05, 4.69) is 16.2 Å². The summed E-state index contributed by atoms with van der Waals surface area (Å²) in [5.74, 6) is -1.15. The molecule has 2 aromatic carbocycles. The van der Waals surface area contributed by atoms with Crippen molar-refractivity contribution in [3.05, 3.63) is 102 Å². The van der Waals surface area contributed by atoms with E-state index >= 15 is 0 Å². The standard InChI is InChI=1S/C29H26N4O6/c1-19-22-12-13-24(33(22)32-18-31-19)29(17-30)28(36)27(38-26(35)15-21-10-6-3-7-11-21)23(39-29)16-37-25(34)14-20-8-4-2-5-9-20/h2-13,18,23,27-28,36H,14-16H2,1H3/t23-,27-,28-,29+/m1/s1. The Labute approximate surface area is 224 Å². The number of carbonyl (C=O) groups is 2. The van der Waals surface area contributed by atoms with Gasteiger partial charge in [0.2, 0.25) is 5.60 Å². The minimum atomic E-state index is -1.96. The van der Waals surface area contributed by atoms with Gasteiger partial charge in [-0.3, -0.25) is 9.59 Å². The first-order valence-electron chi connectivity index (χ1n) is 12.4. The largest absolute Gasteiger partial charge is 0.463 e. The van der Waals surface area contributed by atoms with E-state index < -0.39 is 35.9 Å². The molecule has 4 atom stereocenters. The Hall–Kier alpha value is -4.59. The maximum absolute atomic E-state index is 12.9. The van der Waals surface area contributed by atoms with Gasteiger partial charge in [-0.25, -0.2) is 9.50 Å². The fraction of sp³-hybridized carbons (Fsp3) is 0.276. The fourth-order valence-corrected chi connectivity index (χ4v) is 4.72. The SMILES string of the molecule is Cc1ncnn2c([C@]3(C#N)O[C@H](COC(=O)Cc4ccccc4)[C@@H](OC(=O)Cc4ccccc4)[C@H]3O)ccc12. The highest BCUT2D eigenvalue weighted by Gasteiger charge is 2.60. The molecule has 0 aliphatic carbocycles. The molecular formula is C29H26N4O6. The Morgan fingerprint density at radius 2 is 1.67 bits per heavy atom. The summed E-state index contributed by atoms with van der Waals surface area (Å²) in [5, 5.41) is 26.0. The first kappa shape index (κ1) is 26.0. The zero-order valence-electron chi connectivity index (χ0n) is 21.1. The van der Waals surface area contributed by atoms with Crippen LogP contribution in [0.3, 0.4) is 0 Å². The van der Waals surface area contributed by atoms with Crippen LogP contribution in [0.2, 0.25) is 0 Å². The molecule has 4 aromatic rings. The third kappa shape index (κ3) is 5.23. The summed E-state index contributed by atoms with van der Waals surface area (Å²) in [6, 6.07) is 23.4. The van der Waals surface area contributed by atoms with Crippen molar-refractivity contribution in [1.29, 1.82) is 5.26 Å². The van der Waals surface area contributed by atoms with Crippen molar-refractivity contribution in [3.63, 3.8) is 0 Å². The number of esters is 2. The van der Waals surface area contributed by atoms with E-state index in [0.29, 0.717) is 11.2 Å². The smallest absolute Gasteiger partial charge is 0.310 e. The van der Waals surface area contributed by atoms with Crippen molar-refractivity contribution in [2.45, 2.75) is 43.7 Å². The van der Waals surface area contributed by atoms with Gasteiger partial charge in [-0.1, -0.05) is 60.7 Å². The molecule has 0 amide bonds. The summed E-state index contributed by atoms with van der Waals surface area (Å²) in [6.07, 6.45) is -2.71. The molecule has 2 aromatic heterocycles. The Morgan fingerprint density at radius 3 is 2.31 bits per heavy atom. The molecule has 39 heavy (non-hydrogen) atoms. The second kappa shape index (κ2) is 11.0. The Bertz CT molecular complexity index is 1520. The third-order valence-electron chi connectivity index (χ3n) is 6.68. The number of rotatable bonds is 8. The van der Waals surface area contributed by atoms with Gasteiger partial charge in [0.25, 0.3) is 0 Å². The predicted octanol–water partition coefficient (Wildman–Crippen LogP) is 2.46. The first-order chi connectivity index (χ1) is 18.9. The quantitative estimate of drug-likeness (QED) is 0.343. The molecule has 0 unspecified atom stereocenters. The first-order valence-corrected chi connectivity index (χ1v) is 12.4. The highest BCUT2D eigenvalue weighted by Crippen LogP contribution is 2.41. The van der Waals surface area contributed by atoms with Crippen LogP contribution in [0.4, 0.5) is 0 Å². The molecule has 5 rings (SSSR count). The molecule has 0 spiro atoms. The molecule has 0 radical (unpaired) electrons. The zero-order valence-corrected chi connectivity index (χ0v) is 21.1.